The first-order valence-corrected chi connectivity index (χ1v) is 7.91. The molecule has 0 radical (unpaired) electrons. The summed E-state index contributed by atoms with van der Waals surface area (Å²) < 4.78 is 0. The van der Waals surface area contributed by atoms with Crippen molar-refractivity contribution < 1.29 is 4.79 Å². The molecule has 1 amide bonds. The number of nitrogens with two attached hydrogens (primary N) is 1. The fourth-order valence-corrected chi connectivity index (χ4v) is 2.74. The number of halogens is 1. The van der Waals surface area contributed by atoms with Crippen molar-refractivity contribution in [1.29, 1.82) is 0 Å². The summed E-state index contributed by atoms with van der Waals surface area (Å²) in [5.41, 5.74) is 6.83. The van der Waals surface area contributed by atoms with E-state index in [0.717, 1.165) is 11.4 Å². The number of nitrogens with one attached hydrogen (secondary N) is 1. The Kier molecular flexibility index (Phi) is 8.77. The number of benzene rings is 1. The third kappa shape index (κ3) is 6.58. The summed E-state index contributed by atoms with van der Waals surface area (Å²) in [7, 11) is 0. The van der Waals surface area contributed by atoms with Crippen LogP contribution < -0.4 is 11.1 Å². The fraction of sp³-hybridized carbons (Fsp3) is 0.312. The van der Waals surface area contributed by atoms with E-state index in [1.165, 1.54) is 5.56 Å². The Balaban J connectivity index is 0.00000242. The lowest BCUT2D eigenvalue weighted by molar-refractivity contribution is -0.122. The molecular formula is C16H22ClN3OS. The van der Waals surface area contributed by atoms with Gasteiger partial charge in [-0.05, 0) is 17.0 Å². The van der Waals surface area contributed by atoms with E-state index in [-0.39, 0.29) is 18.3 Å². The molecule has 0 aliphatic heterocycles. The van der Waals surface area contributed by atoms with Crippen molar-refractivity contribution in [1.82, 2.24) is 10.2 Å². The van der Waals surface area contributed by atoms with E-state index in [1.807, 2.05) is 35.7 Å². The molecular weight excluding hydrogens is 318 g/mol. The van der Waals surface area contributed by atoms with Crippen molar-refractivity contribution in [2.75, 3.05) is 19.6 Å². The van der Waals surface area contributed by atoms with Crippen LogP contribution >= 0.6 is 23.7 Å². The molecule has 0 saturated carbocycles. The highest BCUT2D eigenvalue weighted by atomic mass is 35.5. The van der Waals surface area contributed by atoms with Gasteiger partial charge in [-0.1, -0.05) is 36.4 Å². The lowest BCUT2D eigenvalue weighted by Gasteiger charge is -2.21. The Morgan fingerprint density at radius 3 is 2.59 bits per heavy atom. The molecule has 0 unspecified atom stereocenters. The summed E-state index contributed by atoms with van der Waals surface area (Å²) in [6.45, 7) is 2.96. The predicted molar refractivity (Wildman–Crippen MR) is 94.2 cm³/mol. The number of nitrogens with zero attached hydrogens (tertiary/aromatic N) is 1. The average molecular weight is 340 g/mol. The Bertz CT molecular complexity index is 534. The summed E-state index contributed by atoms with van der Waals surface area (Å²) in [6.07, 6.45) is 0. The molecule has 1 heterocycles. The minimum atomic E-state index is 0. The molecule has 0 atom stereocenters. The number of hydrogen-bond donors (Lipinski definition) is 2. The maximum atomic E-state index is 12.0. The number of thiophene rings is 1. The van der Waals surface area contributed by atoms with E-state index in [4.69, 9.17) is 5.73 Å². The van der Waals surface area contributed by atoms with Crippen LogP contribution in [0.25, 0.3) is 0 Å². The molecule has 120 valence electrons. The first-order valence-electron chi connectivity index (χ1n) is 7.03. The second-order valence-corrected chi connectivity index (χ2v) is 5.87. The smallest absolute Gasteiger partial charge is 0.234 e. The summed E-state index contributed by atoms with van der Waals surface area (Å²) in [4.78, 5) is 15.3. The van der Waals surface area contributed by atoms with Gasteiger partial charge in [0, 0.05) is 24.5 Å². The van der Waals surface area contributed by atoms with Gasteiger partial charge >= 0.3 is 0 Å². The monoisotopic (exact) mass is 339 g/mol. The van der Waals surface area contributed by atoms with Gasteiger partial charge in [0.05, 0.1) is 13.1 Å². The first-order chi connectivity index (χ1) is 10.3. The second kappa shape index (κ2) is 10.3. The third-order valence-electron chi connectivity index (χ3n) is 3.10. The van der Waals surface area contributed by atoms with E-state index < -0.39 is 0 Å². The minimum Gasteiger partial charge on any atom is -0.350 e. The molecule has 0 aliphatic rings. The largest absolute Gasteiger partial charge is 0.350 e. The van der Waals surface area contributed by atoms with Crippen molar-refractivity contribution in [2.24, 2.45) is 5.73 Å². The van der Waals surface area contributed by atoms with Crippen LogP contribution in [0.1, 0.15) is 10.4 Å². The standard InChI is InChI=1S/C16H21N3OS.ClH/c17-8-9-19(12-14-5-2-1-3-6-14)13-16(20)18-11-15-7-4-10-21-15;/h1-7,10H,8-9,11-13,17H2,(H,18,20);1H. The van der Waals surface area contributed by atoms with Gasteiger partial charge in [-0.15, -0.1) is 23.7 Å². The van der Waals surface area contributed by atoms with Crippen LogP contribution in [0.2, 0.25) is 0 Å². The lowest BCUT2D eigenvalue weighted by Crippen LogP contribution is -2.38. The number of hydrogen-bond acceptors (Lipinski definition) is 4. The predicted octanol–water partition coefficient (Wildman–Crippen LogP) is 2.25. The molecule has 1 aromatic heterocycles. The number of rotatable bonds is 8. The van der Waals surface area contributed by atoms with E-state index in [0.29, 0.717) is 26.2 Å². The zero-order valence-corrected chi connectivity index (χ0v) is 14.0. The van der Waals surface area contributed by atoms with E-state index in [1.54, 1.807) is 11.3 Å². The minimum absolute atomic E-state index is 0. The van der Waals surface area contributed by atoms with Gasteiger partial charge in [0.2, 0.25) is 5.91 Å². The SMILES string of the molecule is Cl.NCCN(CC(=O)NCc1cccs1)Cc1ccccc1. The van der Waals surface area contributed by atoms with E-state index in [2.05, 4.69) is 22.3 Å². The maximum Gasteiger partial charge on any atom is 0.234 e. The molecule has 3 N–H and O–H groups in total. The van der Waals surface area contributed by atoms with Crippen molar-refractivity contribution in [3.8, 4) is 0 Å². The summed E-state index contributed by atoms with van der Waals surface area (Å²) in [6, 6.07) is 14.1. The molecule has 4 nitrogen and oxygen atoms in total. The normalized spacial score (nSPS) is 10.3. The Labute approximate surface area is 141 Å². The van der Waals surface area contributed by atoms with Crippen LogP contribution in [-0.2, 0) is 17.9 Å². The second-order valence-electron chi connectivity index (χ2n) is 4.84. The maximum absolute atomic E-state index is 12.0. The molecule has 2 aromatic rings. The molecule has 0 fully saturated rings. The number of amides is 1. The fourth-order valence-electron chi connectivity index (χ4n) is 2.10. The molecule has 0 aliphatic carbocycles. The van der Waals surface area contributed by atoms with Crippen LogP contribution in [0.3, 0.4) is 0 Å². The lowest BCUT2D eigenvalue weighted by atomic mass is 10.2. The highest BCUT2D eigenvalue weighted by molar-refractivity contribution is 7.09. The highest BCUT2D eigenvalue weighted by Crippen LogP contribution is 2.07. The zero-order valence-electron chi connectivity index (χ0n) is 12.4. The number of carbonyl (C=O) groups is 1. The first kappa shape index (κ1) is 18.6. The van der Waals surface area contributed by atoms with Gasteiger partial charge < -0.3 is 11.1 Å². The van der Waals surface area contributed by atoms with Crippen LogP contribution in [0, 0.1) is 0 Å². The summed E-state index contributed by atoms with van der Waals surface area (Å²) in [5.74, 6) is 0.0350. The molecule has 0 bridgehead atoms. The van der Waals surface area contributed by atoms with Gasteiger partial charge in [0.25, 0.3) is 0 Å². The van der Waals surface area contributed by atoms with Gasteiger partial charge in [-0.25, -0.2) is 0 Å². The van der Waals surface area contributed by atoms with Crippen LogP contribution in [0.15, 0.2) is 47.8 Å². The zero-order chi connectivity index (χ0) is 14.9. The van der Waals surface area contributed by atoms with Gasteiger partial charge in [0.15, 0.2) is 0 Å². The molecule has 0 saturated heterocycles. The summed E-state index contributed by atoms with van der Waals surface area (Å²) in [5, 5.41) is 4.96. The quantitative estimate of drug-likeness (QED) is 0.775. The van der Waals surface area contributed by atoms with Crippen molar-refractivity contribution in [3.05, 3.63) is 58.3 Å². The van der Waals surface area contributed by atoms with Crippen LogP contribution in [-0.4, -0.2) is 30.4 Å². The van der Waals surface area contributed by atoms with Crippen molar-refractivity contribution in [3.63, 3.8) is 0 Å². The highest BCUT2D eigenvalue weighted by Gasteiger charge is 2.10. The van der Waals surface area contributed by atoms with Crippen LogP contribution in [0.5, 0.6) is 0 Å². The van der Waals surface area contributed by atoms with Gasteiger partial charge in [0.1, 0.15) is 0 Å². The Morgan fingerprint density at radius 1 is 1.18 bits per heavy atom. The topological polar surface area (TPSA) is 58.4 Å². The molecule has 2 rings (SSSR count). The Hall–Kier alpha value is -1.40. The van der Waals surface area contributed by atoms with Crippen molar-refractivity contribution >= 4 is 29.7 Å². The van der Waals surface area contributed by atoms with Gasteiger partial charge in [-0.2, -0.15) is 0 Å². The van der Waals surface area contributed by atoms with E-state index >= 15 is 0 Å². The third-order valence-corrected chi connectivity index (χ3v) is 3.98. The van der Waals surface area contributed by atoms with E-state index in [9.17, 15) is 4.79 Å². The number of carbonyl (C=O) groups excluding carboxylic acids is 1. The van der Waals surface area contributed by atoms with Crippen molar-refractivity contribution in [2.45, 2.75) is 13.1 Å². The van der Waals surface area contributed by atoms with Gasteiger partial charge in [-0.3, -0.25) is 9.69 Å². The average Bonchev–Trinajstić information content (AvgIpc) is 3.00. The molecule has 6 heteroatoms. The van der Waals surface area contributed by atoms with Crippen LogP contribution in [0.4, 0.5) is 0 Å². The molecule has 0 spiro atoms. The summed E-state index contributed by atoms with van der Waals surface area (Å²) >= 11 is 1.65. The molecule has 1 aromatic carbocycles. The molecule has 22 heavy (non-hydrogen) atoms. The Morgan fingerprint density at radius 2 is 1.95 bits per heavy atom.